The van der Waals surface area contributed by atoms with Crippen LogP contribution in [0, 0.1) is 12.8 Å². The predicted octanol–water partition coefficient (Wildman–Crippen LogP) is 1.80. The summed E-state index contributed by atoms with van der Waals surface area (Å²) >= 11 is 0. The van der Waals surface area contributed by atoms with E-state index in [0.717, 1.165) is 50.8 Å². The number of hydrogen-bond acceptors (Lipinski definition) is 4. The average molecular weight is 286 g/mol. The Morgan fingerprint density at radius 3 is 3.10 bits per heavy atom. The Morgan fingerprint density at radius 1 is 1.38 bits per heavy atom. The summed E-state index contributed by atoms with van der Waals surface area (Å²) in [5, 5.41) is 0. The maximum atomic E-state index is 5.75. The standard InChI is InChI=1S/C16H22N4O/c1-13-2-3-15(19-9-13)8-14-10-20(6-7-21-12-14)11-16-17-4-5-18-16/h2-5,9,14H,6-8,10-12H2,1H3,(H,17,18). The van der Waals surface area contributed by atoms with Gasteiger partial charge in [0.1, 0.15) is 5.82 Å². The molecule has 0 aliphatic carbocycles. The Balaban J connectivity index is 1.60. The number of ether oxygens (including phenoxy) is 1. The summed E-state index contributed by atoms with van der Waals surface area (Å²) in [7, 11) is 0. The van der Waals surface area contributed by atoms with E-state index in [1.54, 1.807) is 6.20 Å². The summed E-state index contributed by atoms with van der Waals surface area (Å²) in [6.07, 6.45) is 6.58. The number of rotatable bonds is 4. The number of H-pyrrole nitrogens is 1. The number of hydrogen-bond donors (Lipinski definition) is 1. The minimum absolute atomic E-state index is 0.484. The number of aromatic nitrogens is 3. The van der Waals surface area contributed by atoms with Crippen molar-refractivity contribution in [3.05, 3.63) is 47.8 Å². The van der Waals surface area contributed by atoms with Gasteiger partial charge in [0.15, 0.2) is 0 Å². The van der Waals surface area contributed by atoms with Crippen LogP contribution in [0.15, 0.2) is 30.7 Å². The molecule has 1 saturated heterocycles. The number of nitrogens with one attached hydrogen (secondary N) is 1. The molecule has 3 heterocycles. The van der Waals surface area contributed by atoms with Crippen LogP contribution >= 0.6 is 0 Å². The smallest absolute Gasteiger partial charge is 0.120 e. The first-order valence-corrected chi connectivity index (χ1v) is 7.49. The molecule has 112 valence electrons. The van der Waals surface area contributed by atoms with E-state index < -0.39 is 0 Å². The van der Waals surface area contributed by atoms with Crippen molar-refractivity contribution in [1.29, 1.82) is 0 Å². The predicted molar refractivity (Wildman–Crippen MR) is 80.9 cm³/mol. The first-order chi connectivity index (χ1) is 10.3. The fraction of sp³-hybridized carbons (Fsp3) is 0.500. The second kappa shape index (κ2) is 6.83. The average Bonchev–Trinajstić information content (AvgIpc) is 2.89. The molecule has 3 rings (SSSR count). The number of pyridine rings is 1. The highest BCUT2D eigenvalue weighted by molar-refractivity contribution is 5.12. The fourth-order valence-electron chi connectivity index (χ4n) is 2.73. The Hall–Kier alpha value is -1.72. The third-order valence-corrected chi connectivity index (χ3v) is 3.82. The van der Waals surface area contributed by atoms with Gasteiger partial charge in [-0.1, -0.05) is 6.07 Å². The van der Waals surface area contributed by atoms with Crippen molar-refractivity contribution in [3.8, 4) is 0 Å². The van der Waals surface area contributed by atoms with Crippen molar-refractivity contribution in [2.75, 3.05) is 26.3 Å². The summed E-state index contributed by atoms with van der Waals surface area (Å²) in [5.74, 6) is 1.50. The molecule has 0 saturated carbocycles. The molecule has 0 spiro atoms. The molecule has 5 heteroatoms. The third kappa shape index (κ3) is 4.12. The van der Waals surface area contributed by atoms with Crippen molar-refractivity contribution >= 4 is 0 Å². The molecule has 0 aromatic carbocycles. The molecule has 1 N–H and O–H groups in total. The molecule has 1 aliphatic heterocycles. The van der Waals surface area contributed by atoms with Gasteiger partial charge in [-0.15, -0.1) is 0 Å². The Kier molecular flexibility index (Phi) is 4.62. The summed E-state index contributed by atoms with van der Waals surface area (Å²) in [6, 6.07) is 4.25. The zero-order chi connectivity index (χ0) is 14.5. The van der Waals surface area contributed by atoms with Gasteiger partial charge in [0.25, 0.3) is 0 Å². The van der Waals surface area contributed by atoms with E-state index in [-0.39, 0.29) is 0 Å². The Labute approximate surface area is 125 Å². The van der Waals surface area contributed by atoms with Crippen LogP contribution in [0.5, 0.6) is 0 Å². The van der Waals surface area contributed by atoms with E-state index in [1.165, 1.54) is 5.56 Å². The van der Waals surface area contributed by atoms with Gasteiger partial charge in [-0.25, -0.2) is 4.98 Å². The largest absolute Gasteiger partial charge is 0.380 e. The molecule has 1 unspecified atom stereocenters. The lowest BCUT2D eigenvalue weighted by Gasteiger charge is -2.22. The first-order valence-electron chi connectivity index (χ1n) is 7.49. The lowest BCUT2D eigenvalue weighted by molar-refractivity contribution is 0.121. The molecule has 21 heavy (non-hydrogen) atoms. The quantitative estimate of drug-likeness (QED) is 0.931. The number of aryl methyl sites for hydroxylation is 1. The van der Waals surface area contributed by atoms with Crippen LogP contribution in [-0.4, -0.2) is 46.2 Å². The molecule has 1 aliphatic rings. The van der Waals surface area contributed by atoms with Crippen LogP contribution in [0.4, 0.5) is 0 Å². The Bertz CT molecular complexity index is 538. The zero-order valence-corrected chi connectivity index (χ0v) is 12.5. The van der Waals surface area contributed by atoms with E-state index in [2.05, 4.69) is 38.9 Å². The molecule has 0 bridgehead atoms. The van der Waals surface area contributed by atoms with Crippen molar-refractivity contribution in [2.24, 2.45) is 5.92 Å². The van der Waals surface area contributed by atoms with Crippen LogP contribution < -0.4 is 0 Å². The molecule has 0 amide bonds. The lowest BCUT2D eigenvalue weighted by Crippen LogP contribution is -2.31. The monoisotopic (exact) mass is 286 g/mol. The highest BCUT2D eigenvalue weighted by Gasteiger charge is 2.20. The molecule has 2 aromatic heterocycles. The van der Waals surface area contributed by atoms with Crippen LogP contribution in [0.3, 0.4) is 0 Å². The summed E-state index contributed by atoms with van der Waals surface area (Å²) in [6.45, 7) is 6.50. The van der Waals surface area contributed by atoms with Gasteiger partial charge in [-0.3, -0.25) is 9.88 Å². The molecule has 5 nitrogen and oxygen atoms in total. The molecular weight excluding hydrogens is 264 g/mol. The highest BCUT2D eigenvalue weighted by Crippen LogP contribution is 2.14. The maximum Gasteiger partial charge on any atom is 0.120 e. The number of nitrogens with zero attached hydrogens (tertiary/aromatic N) is 3. The first kappa shape index (κ1) is 14.2. The van der Waals surface area contributed by atoms with E-state index in [4.69, 9.17) is 4.74 Å². The molecule has 1 atom stereocenters. The van der Waals surface area contributed by atoms with Gasteiger partial charge < -0.3 is 9.72 Å². The minimum atomic E-state index is 0.484. The third-order valence-electron chi connectivity index (χ3n) is 3.82. The SMILES string of the molecule is Cc1ccc(CC2COCCN(Cc3ncc[nH]3)C2)nc1. The van der Waals surface area contributed by atoms with Crippen molar-refractivity contribution in [3.63, 3.8) is 0 Å². The lowest BCUT2D eigenvalue weighted by atomic mass is 10.0. The number of aromatic amines is 1. The van der Waals surface area contributed by atoms with Gasteiger partial charge in [-0.05, 0) is 25.0 Å². The van der Waals surface area contributed by atoms with Crippen LogP contribution in [0.1, 0.15) is 17.1 Å². The normalized spacial score (nSPS) is 20.3. The van der Waals surface area contributed by atoms with Crippen LogP contribution in [-0.2, 0) is 17.7 Å². The van der Waals surface area contributed by atoms with E-state index in [1.807, 2.05) is 12.4 Å². The summed E-state index contributed by atoms with van der Waals surface area (Å²) in [4.78, 5) is 14.4. The maximum absolute atomic E-state index is 5.75. The second-order valence-electron chi connectivity index (χ2n) is 5.74. The van der Waals surface area contributed by atoms with E-state index in [9.17, 15) is 0 Å². The fourth-order valence-corrected chi connectivity index (χ4v) is 2.73. The molecular formula is C16H22N4O. The Morgan fingerprint density at radius 2 is 2.33 bits per heavy atom. The summed E-state index contributed by atoms with van der Waals surface area (Å²) in [5.41, 5.74) is 2.35. The van der Waals surface area contributed by atoms with Gasteiger partial charge in [0.05, 0.1) is 19.8 Å². The van der Waals surface area contributed by atoms with Crippen molar-refractivity contribution < 1.29 is 4.74 Å². The zero-order valence-electron chi connectivity index (χ0n) is 12.5. The molecule has 2 aromatic rings. The highest BCUT2D eigenvalue weighted by atomic mass is 16.5. The van der Waals surface area contributed by atoms with Crippen LogP contribution in [0.2, 0.25) is 0 Å². The molecule has 1 fully saturated rings. The van der Waals surface area contributed by atoms with E-state index >= 15 is 0 Å². The van der Waals surface area contributed by atoms with Gasteiger partial charge in [0, 0.05) is 43.3 Å². The van der Waals surface area contributed by atoms with E-state index in [0.29, 0.717) is 5.92 Å². The van der Waals surface area contributed by atoms with Crippen molar-refractivity contribution in [2.45, 2.75) is 19.9 Å². The van der Waals surface area contributed by atoms with Crippen LogP contribution in [0.25, 0.3) is 0 Å². The topological polar surface area (TPSA) is 54.0 Å². The van der Waals surface area contributed by atoms with Gasteiger partial charge in [0.2, 0.25) is 0 Å². The second-order valence-corrected chi connectivity index (χ2v) is 5.74. The molecule has 0 radical (unpaired) electrons. The number of imidazole rings is 1. The van der Waals surface area contributed by atoms with Crippen molar-refractivity contribution in [1.82, 2.24) is 19.9 Å². The van der Waals surface area contributed by atoms with Gasteiger partial charge in [-0.2, -0.15) is 0 Å². The minimum Gasteiger partial charge on any atom is -0.380 e. The summed E-state index contributed by atoms with van der Waals surface area (Å²) < 4.78 is 5.75. The van der Waals surface area contributed by atoms with Gasteiger partial charge >= 0.3 is 0 Å².